The van der Waals surface area contributed by atoms with Gasteiger partial charge in [-0.05, 0) is 12.1 Å². The van der Waals surface area contributed by atoms with Crippen molar-refractivity contribution in [1.82, 2.24) is 0 Å². The number of nitro groups is 1. The maximum absolute atomic E-state index is 13.5. The van der Waals surface area contributed by atoms with Gasteiger partial charge in [0.25, 0.3) is 12.0 Å². The summed E-state index contributed by atoms with van der Waals surface area (Å²) in [7, 11) is 1.25. The number of fused-ring (bicyclic) bond motifs is 5. The molecule has 3 aliphatic rings. The number of esters is 2. The molecule has 168 valence electrons. The lowest BCUT2D eigenvalue weighted by Crippen LogP contribution is -2.52. The average Bonchev–Trinajstić information content (AvgIpc) is 3.37. The van der Waals surface area contributed by atoms with E-state index in [2.05, 4.69) is 0 Å². The van der Waals surface area contributed by atoms with Crippen LogP contribution in [0.5, 0.6) is 5.75 Å². The van der Waals surface area contributed by atoms with Gasteiger partial charge in [0.2, 0.25) is 11.8 Å². The van der Waals surface area contributed by atoms with Crippen molar-refractivity contribution in [1.29, 1.82) is 0 Å². The number of amides is 2. The molecule has 0 radical (unpaired) electrons. The lowest BCUT2D eigenvalue weighted by Gasteiger charge is -2.34. The Hall–Kier alpha value is -3.80. The molecule has 2 bridgehead atoms. The number of nitro benzene ring substituents is 1. The summed E-state index contributed by atoms with van der Waals surface area (Å²) in [6.07, 6.45) is 0.586. The van der Waals surface area contributed by atoms with E-state index in [1.165, 1.54) is 19.3 Å². The molecule has 4 rings (SSSR count). The summed E-state index contributed by atoms with van der Waals surface area (Å²) < 4.78 is 21.3. The molecule has 12 heteroatoms. The number of ether oxygens (including phenoxy) is 4. The normalized spacial score (nSPS) is 27.6. The van der Waals surface area contributed by atoms with Gasteiger partial charge in [0.05, 0.1) is 41.7 Å². The lowest BCUT2D eigenvalue weighted by atomic mass is 9.76. The zero-order chi connectivity index (χ0) is 23.4. The van der Waals surface area contributed by atoms with Crippen LogP contribution in [-0.2, 0) is 33.4 Å². The van der Waals surface area contributed by atoms with E-state index in [0.717, 1.165) is 30.9 Å². The third-order valence-electron chi connectivity index (χ3n) is 5.61. The van der Waals surface area contributed by atoms with Crippen LogP contribution in [0.1, 0.15) is 13.8 Å². The number of carbonyl (C=O) groups excluding carboxylic acids is 4. The monoisotopic (exact) mass is 446 g/mol. The fourth-order valence-corrected chi connectivity index (χ4v) is 4.42. The maximum Gasteiger partial charge on any atom is 0.305 e. The molecule has 0 aliphatic carbocycles. The summed E-state index contributed by atoms with van der Waals surface area (Å²) in [5, 5.41) is 11.1. The van der Waals surface area contributed by atoms with Crippen molar-refractivity contribution < 1.29 is 43.0 Å². The predicted octanol–water partition coefficient (Wildman–Crippen LogP) is 0.869. The van der Waals surface area contributed by atoms with Gasteiger partial charge in [0.1, 0.15) is 5.75 Å². The molecule has 32 heavy (non-hydrogen) atoms. The first kappa shape index (κ1) is 21.4. The highest BCUT2D eigenvalue weighted by molar-refractivity contribution is 6.24. The Morgan fingerprint density at radius 2 is 1.84 bits per heavy atom. The lowest BCUT2D eigenvalue weighted by molar-refractivity contribution is -0.384. The topological polar surface area (TPSA) is 152 Å². The van der Waals surface area contributed by atoms with E-state index in [1.807, 2.05) is 0 Å². The molecular weight excluding hydrogens is 428 g/mol. The molecule has 1 aromatic rings. The number of non-ortho nitro benzene ring substituents is 1. The summed E-state index contributed by atoms with van der Waals surface area (Å²) in [5.74, 6) is -5.06. The number of hydrogen-bond acceptors (Lipinski definition) is 10. The minimum atomic E-state index is -1.69. The van der Waals surface area contributed by atoms with Crippen molar-refractivity contribution in [2.24, 2.45) is 11.8 Å². The molecule has 0 spiro atoms. The molecule has 0 unspecified atom stereocenters. The van der Waals surface area contributed by atoms with E-state index >= 15 is 0 Å². The molecule has 3 aliphatic heterocycles. The van der Waals surface area contributed by atoms with E-state index in [1.54, 1.807) is 6.08 Å². The van der Waals surface area contributed by atoms with Gasteiger partial charge < -0.3 is 18.9 Å². The van der Waals surface area contributed by atoms with Gasteiger partial charge in [-0.3, -0.25) is 29.3 Å². The Balaban J connectivity index is 1.76. The minimum absolute atomic E-state index is 0.0218. The van der Waals surface area contributed by atoms with E-state index in [4.69, 9.17) is 18.9 Å². The fourth-order valence-electron chi connectivity index (χ4n) is 4.42. The van der Waals surface area contributed by atoms with Crippen molar-refractivity contribution in [3.8, 4) is 5.75 Å². The SMILES string of the molecule is COc1cc([N+](=O)[O-])ccc1N1C(=O)[C@@H]2[C@@H]3C=C[C@@](C(OC(C)=O)OC(C)=O)(O3)[C@@H]2C1=O. The zero-order valence-corrected chi connectivity index (χ0v) is 17.2. The summed E-state index contributed by atoms with van der Waals surface area (Å²) >= 11 is 0. The molecule has 2 amide bonds. The van der Waals surface area contributed by atoms with Crippen LogP contribution in [0.2, 0.25) is 0 Å². The second-order valence-corrected chi connectivity index (χ2v) is 7.47. The molecule has 0 saturated carbocycles. The van der Waals surface area contributed by atoms with Gasteiger partial charge in [-0.1, -0.05) is 6.08 Å². The maximum atomic E-state index is 13.5. The van der Waals surface area contributed by atoms with Crippen LogP contribution in [0.4, 0.5) is 11.4 Å². The zero-order valence-electron chi connectivity index (χ0n) is 17.2. The second-order valence-electron chi connectivity index (χ2n) is 7.47. The standard InChI is InChI=1S/C20H18N2O10/c1-9(23)30-19(31-10(2)24)20-7-6-13(32-20)15-16(20)18(26)21(17(15)25)12-5-4-11(22(27)28)8-14(12)29-3/h4-8,13,15-16,19H,1-3H3/t13-,15+,16-,20+/m0/s1. The number of imide groups is 1. The molecule has 3 heterocycles. The molecule has 12 nitrogen and oxygen atoms in total. The van der Waals surface area contributed by atoms with Gasteiger partial charge in [-0.2, -0.15) is 0 Å². The van der Waals surface area contributed by atoms with Crippen LogP contribution in [0.25, 0.3) is 0 Å². The van der Waals surface area contributed by atoms with Crippen LogP contribution < -0.4 is 9.64 Å². The summed E-state index contributed by atoms with van der Waals surface area (Å²) in [6, 6.07) is 3.49. The van der Waals surface area contributed by atoms with E-state index in [9.17, 15) is 29.3 Å². The number of anilines is 1. The molecule has 4 atom stereocenters. The molecule has 1 aromatic carbocycles. The van der Waals surface area contributed by atoms with Gasteiger partial charge in [-0.15, -0.1) is 0 Å². The largest absolute Gasteiger partial charge is 0.494 e. The summed E-state index contributed by atoms with van der Waals surface area (Å²) in [6.45, 7) is 2.21. The van der Waals surface area contributed by atoms with Crippen LogP contribution in [0.15, 0.2) is 30.4 Å². The van der Waals surface area contributed by atoms with E-state index in [-0.39, 0.29) is 17.1 Å². The van der Waals surface area contributed by atoms with Crippen molar-refractivity contribution in [3.63, 3.8) is 0 Å². The Labute approximate surface area is 180 Å². The van der Waals surface area contributed by atoms with Crippen LogP contribution >= 0.6 is 0 Å². The average molecular weight is 446 g/mol. The first-order valence-electron chi connectivity index (χ1n) is 9.52. The van der Waals surface area contributed by atoms with Crippen LogP contribution in [0.3, 0.4) is 0 Å². The van der Waals surface area contributed by atoms with Crippen LogP contribution in [-0.4, -0.2) is 53.8 Å². The third kappa shape index (κ3) is 3.02. The number of rotatable bonds is 6. The highest BCUT2D eigenvalue weighted by Gasteiger charge is 2.72. The van der Waals surface area contributed by atoms with Crippen LogP contribution in [0, 0.1) is 22.0 Å². The number of benzene rings is 1. The number of methoxy groups -OCH3 is 1. The molecule has 0 aromatic heterocycles. The predicted molar refractivity (Wildman–Crippen MR) is 103 cm³/mol. The van der Waals surface area contributed by atoms with E-state index in [0.29, 0.717) is 0 Å². The first-order valence-corrected chi connectivity index (χ1v) is 9.52. The summed E-state index contributed by atoms with van der Waals surface area (Å²) in [4.78, 5) is 61.3. The highest BCUT2D eigenvalue weighted by Crippen LogP contribution is 2.55. The Morgan fingerprint density at radius 1 is 1.19 bits per heavy atom. The Morgan fingerprint density at radius 3 is 2.41 bits per heavy atom. The first-order chi connectivity index (χ1) is 15.1. The molecule has 2 fully saturated rings. The molecule has 2 saturated heterocycles. The number of hydrogen-bond donors (Lipinski definition) is 0. The fraction of sp³-hybridized carbons (Fsp3) is 0.400. The Kier molecular flexibility index (Phi) is 4.96. The van der Waals surface area contributed by atoms with E-state index < -0.39 is 58.5 Å². The second kappa shape index (κ2) is 7.41. The smallest absolute Gasteiger partial charge is 0.305 e. The van der Waals surface area contributed by atoms with Crippen molar-refractivity contribution in [3.05, 3.63) is 40.5 Å². The number of nitrogens with zero attached hydrogens (tertiary/aromatic N) is 2. The van der Waals surface area contributed by atoms with Gasteiger partial charge in [0.15, 0.2) is 5.60 Å². The van der Waals surface area contributed by atoms with Crippen molar-refractivity contribution >= 4 is 35.1 Å². The quantitative estimate of drug-likeness (QED) is 0.154. The Bertz CT molecular complexity index is 1070. The van der Waals surface area contributed by atoms with Gasteiger partial charge in [-0.25, -0.2) is 4.90 Å². The minimum Gasteiger partial charge on any atom is -0.494 e. The molecule has 0 N–H and O–H groups in total. The summed E-state index contributed by atoms with van der Waals surface area (Å²) in [5.41, 5.74) is -1.95. The highest BCUT2D eigenvalue weighted by atomic mass is 16.7. The van der Waals surface area contributed by atoms with Crippen molar-refractivity contribution in [2.75, 3.05) is 12.0 Å². The van der Waals surface area contributed by atoms with Crippen molar-refractivity contribution in [2.45, 2.75) is 31.8 Å². The van der Waals surface area contributed by atoms with Gasteiger partial charge in [0, 0.05) is 19.9 Å². The van der Waals surface area contributed by atoms with Gasteiger partial charge >= 0.3 is 11.9 Å². The number of carbonyl (C=O) groups is 4. The third-order valence-corrected chi connectivity index (χ3v) is 5.61. The molecular formula is C20H18N2O10.